The summed E-state index contributed by atoms with van der Waals surface area (Å²) in [4.78, 5) is 10.8. The van der Waals surface area contributed by atoms with E-state index < -0.39 is 21.8 Å². The van der Waals surface area contributed by atoms with Gasteiger partial charge in [-0.2, -0.15) is 0 Å². The minimum atomic E-state index is -3.74. The van der Waals surface area contributed by atoms with Crippen LogP contribution in [-0.4, -0.2) is 28.0 Å². The first-order chi connectivity index (χ1) is 8.36. The third-order valence-electron chi connectivity index (χ3n) is 2.28. The Morgan fingerprint density at radius 1 is 1.44 bits per heavy atom. The second kappa shape index (κ2) is 5.92. The van der Waals surface area contributed by atoms with Crippen molar-refractivity contribution in [3.8, 4) is 0 Å². The van der Waals surface area contributed by atoms with Gasteiger partial charge in [0.1, 0.15) is 5.82 Å². The van der Waals surface area contributed by atoms with E-state index in [1.165, 1.54) is 20.1 Å². The van der Waals surface area contributed by atoms with Gasteiger partial charge in [-0.05, 0) is 30.7 Å². The van der Waals surface area contributed by atoms with Gasteiger partial charge in [0, 0.05) is 6.54 Å². The topological polar surface area (TPSA) is 72.5 Å². The summed E-state index contributed by atoms with van der Waals surface area (Å²) in [6, 6.07) is 3.39. The monoisotopic (exact) mass is 275 g/mol. The molecule has 18 heavy (non-hydrogen) atoms. The van der Waals surface area contributed by atoms with Crippen LogP contribution < -0.4 is 4.72 Å². The van der Waals surface area contributed by atoms with Crippen LogP contribution in [0.3, 0.4) is 0 Å². The van der Waals surface area contributed by atoms with Crippen molar-refractivity contribution in [3.05, 3.63) is 29.6 Å². The molecule has 0 aliphatic heterocycles. The molecule has 0 aromatic heterocycles. The fraction of sp³-hybridized carbons (Fsp3) is 0.364. The van der Waals surface area contributed by atoms with Gasteiger partial charge < -0.3 is 4.74 Å². The highest BCUT2D eigenvalue weighted by Gasteiger charge is 2.17. The van der Waals surface area contributed by atoms with E-state index in [4.69, 9.17) is 0 Å². The number of hydrogen-bond donors (Lipinski definition) is 1. The lowest BCUT2D eigenvalue weighted by Gasteiger charge is -2.08. The molecule has 0 unspecified atom stereocenters. The number of sulfonamides is 1. The Hall–Kier alpha value is -1.47. The lowest BCUT2D eigenvalue weighted by molar-refractivity contribution is -0.140. The Morgan fingerprint density at radius 3 is 2.67 bits per heavy atom. The van der Waals surface area contributed by atoms with Crippen molar-refractivity contribution < 1.29 is 22.3 Å². The first-order valence-corrected chi connectivity index (χ1v) is 6.68. The zero-order valence-electron chi connectivity index (χ0n) is 10.1. The van der Waals surface area contributed by atoms with E-state index in [-0.39, 0.29) is 17.9 Å². The fourth-order valence-electron chi connectivity index (χ4n) is 1.38. The molecule has 0 heterocycles. The standard InChI is InChI=1S/C11H14FNO4S/c1-8-7-9(12)3-4-10(8)18(15,16)13-6-5-11(14)17-2/h3-4,7,13H,5-6H2,1-2H3. The number of benzene rings is 1. The molecule has 0 fully saturated rings. The number of aryl methyl sites for hydroxylation is 1. The molecule has 0 aliphatic rings. The van der Waals surface area contributed by atoms with Gasteiger partial charge in [0.2, 0.25) is 10.0 Å². The zero-order valence-corrected chi connectivity index (χ0v) is 10.9. The summed E-state index contributed by atoms with van der Waals surface area (Å²) in [5.74, 6) is -1.01. The van der Waals surface area contributed by atoms with Crippen LogP contribution in [0.2, 0.25) is 0 Å². The quantitative estimate of drug-likeness (QED) is 0.813. The van der Waals surface area contributed by atoms with Crippen LogP contribution in [-0.2, 0) is 19.6 Å². The summed E-state index contributed by atoms with van der Waals surface area (Å²) in [5, 5.41) is 0. The van der Waals surface area contributed by atoms with Crippen molar-refractivity contribution in [1.82, 2.24) is 4.72 Å². The maximum Gasteiger partial charge on any atom is 0.306 e. The van der Waals surface area contributed by atoms with E-state index in [0.717, 1.165) is 12.1 Å². The number of halogens is 1. The van der Waals surface area contributed by atoms with Gasteiger partial charge in [-0.15, -0.1) is 0 Å². The number of methoxy groups -OCH3 is 1. The molecule has 1 aromatic rings. The second-order valence-electron chi connectivity index (χ2n) is 3.63. The van der Waals surface area contributed by atoms with Gasteiger partial charge >= 0.3 is 5.97 Å². The molecule has 1 N–H and O–H groups in total. The summed E-state index contributed by atoms with van der Waals surface area (Å²) in [5.41, 5.74) is 0.306. The van der Waals surface area contributed by atoms with E-state index in [1.54, 1.807) is 0 Å². The largest absolute Gasteiger partial charge is 0.469 e. The summed E-state index contributed by atoms with van der Waals surface area (Å²) in [6.07, 6.45) is -0.0596. The second-order valence-corrected chi connectivity index (χ2v) is 5.37. The molecule has 1 rings (SSSR count). The molecule has 0 radical (unpaired) electrons. The number of ether oxygens (including phenoxy) is 1. The van der Waals surface area contributed by atoms with E-state index in [0.29, 0.717) is 5.56 Å². The highest BCUT2D eigenvalue weighted by molar-refractivity contribution is 7.89. The van der Waals surface area contributed by atoms with Crippen molar-refractivity contribution in [2.75, 3.05) is 13.7 Å². The van der Waals surface area contributed by atoms with Crippen molar-refractivity contribution in [1.29, 1.82) is 0 Å². The third kappa shape index (κ3) is 3.78. The van der Waals surface area contributed by atoms with E-state index >= 15 is 0 Å². The van der Waals surface area contributed by atoms with Gasteiger partial charge in [0.05, 0.1) is 18.4 Å². The Kier molecular flexibility index (Phi) is 4.80. The van der Waals surface area contributed by atoms with Gasteiger partial charge in [-0.25, -0.2) is 17.5 Å². The molecule has 0 saturated heterocycles. The SMILES string of the molecule is COC(=O)CCNS(=O)(=O)c1ccc(F)cc1C. The number of nitrogens with one attached hydrogen (secondary N) is 1. The van der Waals surface area contributed by atoms with E-state index in [9.17, 15) is 17.6 Å². The maximum atomic E-state index is 12.9. The van der Waals surface area contributed by atoms with Crippen molar-refractivity contribution in [3.63, 3.8) is 0 Å². The predicted octanol–water partition coefficient (Wildman–Crippen LogP) is 0.976. The number of rotatable bonds is 5. The first-order valence-electron chi connectivity index (χ1n) is 5.19. The maximum absolute atomic E-state index is 12.9. The lowest BCUT2D eigenvalue weighted by Crippen LogP contribution is -2.27. The van der Waals surface area contributed by atoms with Crippen LogP contribution in [0.1, 0.15) is 12.0 Å². The molecule has 0 bridgehead atoms. The van der Waals surface area contributed by atoms with E-state index in [1.807, 2.05) is 0 Å². The fourth-order valence-corrected chi connectivity index (χ4v) is 2.64. The first kappa shape index (κ1) is 14.6. The Bertz CT molecular complexity index is 542. The average molecular weight is 275 g/mol. The smallest absolute Gasteiger partial charge is 0.306 e. The summed E-state index contributed by atoms with van der Waals surface area (Å²) >= 11 is 0. The Balaban J connectivity index is 2.77. The summed E-state index contributed by atoms with van der Waals surface area (Å²) in [6.45, 7) is 1.43. The van der Waals surface area contributed by atoms with Crippen LogP contribution >= 0.6 is 0 Å². The molecule has 0 aliphatic carbocycles. The van der Waals surface area contributed by atoms with Crippen molar-refractivity contribution in [2.24, 2.45) is 0 Å². The number of hydrogen-bond acceptors (Lipinski definition) is 4. The van der Waals surface area contributed by atoms with Crippen LogP contribution in [0.15, 0.2) is 23.1 Å². The molecule has 1 aromatic carbocycles. The van der Waals surface area contributed by atoms with Crippen LogP contribution in [0.25, 0.3) is 0 Å². The normalized spacial score (nSPS) is 11.3. The highest BCUT2D eigenvalue weighted by atomic mass is 32.2. The Morgan fingerprint density at radius 2 is 2.11 bits per heavy atom. The minimum Gasteiger partial charge on any atom is -0.469 e. The van der Waals surface area contributed by atoms with Crippen molar-refractivity contribution in [2.45, 2.75) is 18.2 Å². The number of carbonyl (C=O) groups excluding carboxylic acids is 1. The van der Waals surface area contributed by atoms with Gasteiger partial charge in [0.15, 0.2) is 0 Å². The van der Waals surface area contributed by atoms with Crippen LogP contribution in [0, 0.1) is 12.7 Å². The highest BCUT2D eigenvalue weighted by Crippen LogP contribution is 2.15. The van der Waals surface area contributed by atoms with Gasteiger partial charge in [-0.1, -0.05) is 0 Å². The summed E-state index contributed by atoms with van der Waals surface area (Å²) in [7, 11) is -2.51. The van der Waals surface area contributed by atoms with E-state index in [2.05, 4.69) is 9.46 Å². The molecule has 0 amide bonds. The third-order valence-corrected chi connectivity index (χ3v) is 3.90. The summed E-state index contributed by atoms with van der Waals surface area (Å²) < 4.78 is 43.2. The predicted molar refractivity (Wildman–Crippen MR) is 63.0 cm³/mol. The molecular weight excluding hydrogens is 261 g/mol. The average Bonchev–Trinajstić information content (AvgIpc) is 2.27. The minimum absolute atomic E-state index is 0.00577. The number of esters is 1. The number of carbonyl (C=O) groups is 1. The molecule has 100 valence electrons. The van der Waals surface area contributed by atoms with Crippen LogP contribution in [0.5, 0.6) is 0 Å². The zero-order chi connectivity index (χ0) is 13.8. The molecule has 0 atom stereocenters. The molecule has 0 spiro atoms. The van der Waals surface area contributed by atoms with Crippen LogP contribution in [0.4, 0.5) is 4.39 Å². The molecular formula is C11H14FNO4S. The van der Waals surface area contributed by atoms with Crippen molar-refractivity contribution >= 4 is 16.0 Å². The molecule has 0 saturated carbocycles. The molecule has 7 heteroatoms. The van der Waals surface area contributed by atoms with Gasteiger partial charge in [0.25, 0.3) is 0 Å². The van der Waals surface area contributed by atoms with Gasteiger partial charge in [-0.3, -0.25) is 4.79 Å². The Labute approximate surface area is 105 Å². The molecule has 5 nitrogen and oxygen atoms in total. The lowest BCUT2D eigenvalue weighted by atomic mass is 10.2.